The lowest BCUT2D eigenvalue weighted by molar-refractivity contribution is -0.123. The lowest BCUT2D eigenvalue weighted by Gasteiger charge is -2.15. The van der Waals surface area contributed by atoms with Crippen LogP contribution in [0.5, 0.6) is 0 Å². The lowest BCUT2D eigenvalue weighted by Crippen LogP contribution is -2.15. The molecule has 1 aromatic heterocycles. The second-order valence-electron chi connectivity index (χ2n) is 6.32. The Morgan fingerprint density at radius 2 is 1.79 bits per heavy atom. The molecular formula is C20H18FNO2. The van der Waals surface area contributed by atoms with Crippen molar-refractivity contribution in [3.63, 3.8) is 0 Å². The minimum Gasteiger partial charge on any atom is -0.298 e. The Bertz CT molecular complexity index is 843. The van der Waals surface area contributed by atoms with Gasteiger partial charge in [-0.1, -0.05) is 17.7 Å². The maximum Gasteiger partial charge on any atom is 0.174 e. The molecule has 1 aromatic carbocycles. The minimum atomic E-state index is -0.739. The molecule has 2 aromatic rings. The van der Waals surface area contributed by atoms with Crippen LogP contribution in [0.1, 0.15) is 40.3 Å². The summed E-state index contributed by atoms with van der Waals surface area (Å²) in [6, 6.07) is 6.76. The van der Waals surface area contributed by atoms with Gasteiger partial charge in [0, 0.05) is 12.0 Å². The molecule has 1 aliphatic carbocycles. The number of nitrogens with zero attached hydrogens (tertiary/aromatic N) is 1. The topological polar surface area (TPSA) is 47.0 Å². The fourth-order valence-corrected chi connectivity index (χ4v) is 3.42. The fourth-order valence-electron chi connectivity index (χ4n) is 3.42. The van der Waals surface area contributed by atoms with E-state index in [2.05, 4.69) is 4.98 Å². The van der Waals surface area contributed by atoms with Gasteiger partial charge in [0.2, 0.25) is 0 Å². The van der Waals surface area contributed by atoms with E-state index < -0.39 is 11.7 Å². The first-order chi connectivity index (χ1) is 11.4. The molecule has 1 unspecified atom stereocenters. The smallest absolute Gasteiger partial charge is 0.174 e. The molecule has 0 radical (unpaired) electrons. The van der Waals surface area contributed by atoms with E-state index in [0.29, 0.717) is 11.3 Å². The Labute approximate surface area is 140 Å². The Hall–Kier alpha value is -2.62. The van der Waals surface area contributed by atoms with Crippen LogP contribution in [0.25, 0.3) is 6.08 Å². The maximum absolute atomic E-state index is 12.9. The van der Waals surface area contributed by atoms with Crippen LogP contribution < -0.4 is 0 Å². The van der Waals surface area contributed by atoms with Gasteiger partial charge >= 0.3 is 0 Å². The minimum absolute atomic E-state index is 0.0926. The first kappa shape index (κ1) is 16.2. The van der Waals surface area contributed by atoms with Crippen molar-refractivity contribution in [2.24, 2.45) is 0 Å². The summed E-state index contributed by atoms with van der Waals surface area (Å²) in [7, 11) is 0. The average Bonchev–Trinajstić information content (AvgIpc) is 2.76. The molecule has 3 rings (SSSR count). The van der Waals surface area contributed by atoms with Gasteiger partial charge in [0.05, 0.1) is 11.9 Å². The zero-order valence-corrected chi connectivity index (χ0v) is 13.9. The molecule has 0 amide bonds. The first-order valence-corrected chi connectivity index (χ1v) is 7.83. The molecule has 1 aliphatic rings. The maximum atomic E-state index is 12.9. The van der Waals surface area contributed by atoms with Gasteiger partial charge in [-0.05, 0) is 55.7 Å². The number of carbonyl (C=O) groups excluding carboxylic acids is 2. The summed E-state index contributed by atoms with van der Waals surface area (Å²) in [6.07, 6.45) is 2.77. The van der Waals surface area contributed by atoms with E-state index in [4.69, 9.17) is 0 Å². The van der Waals surface area contributed by atoms with E-state index >= 15 is 0 Å². The van der Waals surface area contributed by atoms with Crippen LogP contribution in [0, 0.1) is 26.6 Å². The van der Waals surface area contributed by atoms with E-state index in [1.54, 1.807) is 6.08 Å². The number of Topliss-reactive ketones (excluding diaryl/α,β-unsaturated/α-hetero) is 2. The number of hydrogen-bond donors (Lipinski definition) is 0. The van der Waals surface area contributed by atoms with Crippen LogP contribution in [-0.4, -0.2) is 16.6 Å². The van der Waals surface area contributed by atoms with Crippen molar-refractivity contribution in [1.29, 1.82) is 0 Å². The van der Waals surface area contributed by atoms with Crippen LogP contribution in [-0.2, 0) is 9.59 Å². The predicted octanol–water partition coefficient (Wildman–Crippen LogP) is 3.86. The zero-order valence-electron chi connectivity index (χ0n) is 13.9. The standard InChI is InChI=1S/C20H18FNO2/c1-11-6-12(2)18(13(3)7-11)19-17(23)9-14(20(19)24)8-16-5-4-15(21)10-22-16/h4-8,10,19H,9H2,1-3H3. The predicted molar refractivity (Wildman–Crippen MR) is 90.2 cm³/mol. The number of halogens is 1. The van der Waals surface area contributed by atoms with E-state index in [0.717, 1.165) is 28.5 Å². The quantitative estimate of drug-likeness (QED) is 0.623. The average molecular weight is 323 g/mol. The number of carbonyl (C=O) groups is 2. The van der Waals surface area contributed by atoms with Gasteiger partial charge in [-0.15, -0.1) is 0 Å². The van der Waals surface area contributed by atoms with Gasteiger partial charge in [-0.2, -0.15) is 0 Å². The van der Waals surface area contributed by atoms with Crippen molar-refractivity contribution in [3.05, 3.63) is 69.8 Å². The highest BCUT2D eigenvalue weighted by Crippen LogP contribution is 2.36. The second-order valence-corrected chi connectivity index (χ2v) is 6.32. The fraction of sp³-hybridized carbons (Fsp3) is 0.250. The van der Waals surface area contributed by atoms with Crippen LogP contribution >= 0.6 is 0 Å². The Morgan fingerprint density at radius 3 is 2.38 bits per heavy atom. The number of ketones is 2. The molecule has 0 N–H and O–H groups in total. The molecule has 24 heavy (non-hydrogen) atoms. The van der Waals surface area contributed by atoms with Gasteiger partial charge in [0.15, 0.2) is 11.6 Å². The summed E-state index contributed by atoms with van der Waals surface area (Å²) in [5.41, 5.74) is 4.75. The van der Waals surface area contributed by atoms with Crippen LogP contribution in [0.15, 0.2) is 36.0 Å². The number of rotatable bonds is 2. The Balaban J connectivity index is 2.00. The molecule has 4 heteroatoms. The second kappa shape index (κ2) is 6.11. The number of pyridine rings is 1. The summed E-state index contributed by atoms with van der Waals surface area (Å²) in [5, 5.41) is 0. The normalized spacial score (nSPS) is 19.3. The number of hydrogen-bond acceptors (Lipinski definition) is 3. The van der Waals surface area contributed by atoms with Crippen molar-refractivity contribution in [2.75, 3.05) is 0 Å². The number of benzene rings is 1. The Kier molecular flexibility index (Phi) is 4.14. The number of aryl methyl sites for hydroxylation is 3. The van der Waals surface area contributed by atoms with Gasteiger partial charge < -0.3 is 0 Å². The number of allylic oxidation sites excluding steroid dienone is 1. The van der Waals surface area contributed by atoms with E-state index in [9.17, 15) is 14.0 Å². The molecule has 3 nitrogen and oxygen atoms in total. The molecule has 0 aliphatic heterocycles. The highest BCUT2D eigenvalue weighted by Gasteiger charge is 2.39. The molecule has 1 atom stereocenters. The Morgan fingerprint density at radius 1 is 1.12 bits per heavy atom. The summed E-state index contributed by atoms with van der Waals surface area (Å²) >= 11 is 0. The summed E-state index contributed by atoms with van der Waals surface area (Å²) < 4.78 is 12.9. The summed E-state index contributed by atoms with van der Waals surface area (Å²) in [6.45, 7) is 5.85. The van der Waals surface area contributed by atoms with Crippen molar-refractivity contribution in [1.82, 2.24) is 4.98 Å². The van der Waals surface area contributed by atoms with E-state index in [-0.39, 0.29) is 18.0 Å². The summed E-state index contributed by atoms with van der Waals surface area (Å²) in [5.74, 6) is -1.45. The third-order valence-electron chi connectivity index (χ3n) is 4.36. The van der Waals surface area contributed by atoms with E-state index in [1.807, 2.05) is 32.9 Å². The SMILES string of the molecule is Cc1cc(C)c(C2C(=O)CC(=Cc3ccc(F)cn3)C2=O)c(C)c1. The molecule has 122 valence electrons. The third kappa shape index (κ3) is 2.92. The summed E-state index contributed by atoms with van der Waals surface area (Å²) in [4.78, 5) is 29.2. The van der Waals surface area contributed by atoms with Gasteiger partial charge in [-0.25, -0.2) is 4.39 Å². The van der Waals surface area contributed by atoms with Crippen molar-refractivity contribution in [3.8, 4) is 0 Å². The van der Waals surface area contributed by atoms with Gasteiger partial charge in [0.1, 0.15) is 11.7 Å². The molecular weight excluding hydrogens is 305 g/mol. The van der Waals surface area contributed by atoms with E-state index in [1.165, 1.54) is 12.1 Å². The third-order valence-corrected chi connectivity index (χ3v) is 4.36. The highest BCUT2D eigenvalue weighted by molar-refractivity contribution is 6.24. The molecule has 0 bridgehead atoms. The van der Waals surface area contributed by atoms with Crippen LogP contribution in [0.3, 0.4) is 0 Å². The molecule has 1 saturated carbocycles. The van der Waals surface area contributed by atoms with Crippen molar-refractivity contribution >= 4 is 17.6 Å². The highest BCUT2D eigenvalue weighted by atomic mass is 19.1. The number of aromatic nitrogens is 1. The molecule has 0 saturated heterocycles. The largest absolute Gasteiger partial charge is 0.298 e. The van der Waals surface area contributed by atoms with Crippen LogP contribution in [0.4, 0.5) is 4.39 Å². The van der Waals surface area contributed by atoms with Crippen LogP contribution in [0.2, 0.25) is 0 Å². The first-order valence-electron chi connectivity index (χ1n) is 7.83. The van der Waals surface area contributed by atoms with Crippen molar-refractivity contribution in [2.45, 2.75) is 33.1 Å². The lowest BCUT2D eigenvalue weighted by atomic mass is 9.87. The van der Waals surface area contributed by atoms with Crippen molar-refractivity contribution < 1.29 is 14.0 Å². The molecule has 0 spiro atoms. The molecule has 1 fully saturated rings. The monoisotopic (exact) mass is 323 g/mol. The molecule has 1 heterocycles. The van der Waals surface area contributed by atoms with Gasteiger partial charge in [0.25, 0.3) is 0 Å². The van der Waals surface area contributed by atoms with Gasteiger partial charge in [-0.3, -0.25) is 14.6 Å². The zero-order chi connectivity index (χ0) is 17.4.